The summed E-state index contributed by atoms with van der Waals surface area (Å²) in [4.78, 5) is 16.9. The van der Waals surface area contributed by atoms with Gasteiger partial charge in [0.1, 0.15) is 17.6 Å². The zero-order chi connectivity index (χ0) is 14.1. The lowest BCUT2D eigenvalue weighted by atomic mass is 9.61. The molecule has 0 aromatic carbocycles. The van der Waals surface area contributed by atoms with Crippen molar-refractivity contribution in [3.8, 4) is 6.07 Å². The first-order chi connectivity index (χ1) is 8.95. The second-order valence-corrected chi connectivity index (χ2v) is 5.93. The number of nitrogens with zero attached hydrogens (tertiary/aromatic N) is 4. The number of aromatic nitrogens is 3. The summed E-state index contributed by atoms with van der Waals surface area (Å²) in [5, 5.41) is 13.7. The Balaban J connectivity index is 2.34. The van der Waals surface area contributed by atoms with Gasteiger partial charge < -0.3 is 0 Å². The van der Waals surface area contributed by atoms with Gasteiger partial charge in [0.05, 0.1) is 6.07 Å². The monoisotopic (exact) mass is 260 g/mol. The van der Waals surface area contributed by atoms with E-state index in [1.807, 2.05) is 20.8 Å². The van der Waals surface area contributed by atoms with Crippen LogP contribution in [0, 0.1) is 22.2 Å². The van der Waals surface area contributed by atoms with Gasteiger partial charge in [0.2, 0.25) is 0 Å². The summed E-state index contributed by atoms with van der Waals surface area (Å²) in [5.74, 6) is 0.787. The van der Waals surface area contributed by atoms with Crippen molar-refractivity contribution in [1.29, 1.82) is 5.26 Å². The molecule has 0 radical (unpaired) electrons. The maximum Gasteiger partial charge on any atom is 0.159 e. The molecule has 2 rings (SSSR count). The molecule has 0 saturated heterocycles. The molecule has 1 heterocycles. The molecule has 1 aliphatic carbocycles. The summed E-state index contributed by atoms with van der Waals surface area (Å²) in [6.07, 6.45) is 4.26. The summed E-state index contributed by atoms with van der Waals surface area (Å²) < 4.78 is 1.76. The molecule has 0 aliphatic heterocycles. The third kappa shape index (κ3) is 2.27. The molecule has 1 atom stereocenters. The van der Waals surface area contributed by atoms with Gasteiger partial charge in [0.25, 0.3) is 0 Å². The Bertz CT molecular complexity index is 526. The summed E-state index contributed by atoms with van der Waals surface area (Å²) in [5.41, 5.74) is -1.34. The molecule has 5 nitrogen and oxygen atoms in total. The Labute approximate surface area is 113 Å². The van der Waals surface area contributed by atoms with E-state index in [0.717, 1.165) is 18.7 Å². The van der Waals surface area contributed by atoms with E-state index in [2.05, 4.69) is 16.2 Å². The van der Waals surface area contributed by atoms with Gasteiger partial charge in [-0.2, -0.15) is 10.4 Å². The van der Waals surface area contributed by atoms with E-state index >= 15 is 0 Å². The van der Waals surface area contributed by atoms with Crippen LogP contribution < -0.4 is 0 Å². The average Bonchev–Trinajstić information content (AvgIpc) is 2.82. The molecule has 0 amide bonds. The lowest BCUT2D eigenvalue weighted by Gasteiger charge is -2.38. The van der Waals surface area contributed by atoms with Crippen molar-refractivity contribution in [3.05, 3.63) is 12.2 Å². The summed E-state index contributed by atoms with van der Waals surface area (Å²) >= 11 is 0. The Kier molecular flexibility index (Phi) is 3.44. The molecule has 1 saturated carbocycles. The van der Waals surface area contributed by atoms with Gasteiger partial charge in [-0.05, 0) is 19.8 Å². The average molecular weight is 260 g/mol. The highest BCUT2D eigenvalue weighted by molar-refractivity contribution is 5.93. The van der Waals surface area contributed by atoms with Crippen molar-refractivity contribution >= 4 is 5.78 Å². The van der Waals surface area contributed by atoms with Gasteiger partial charge in [-0.3, -0.25) is 9.48 Å². The molecule has 1 unspecified atom stereocenters. The maximum absolute atomic E-state index is 12.6. The maximum atomic E-state index is 12.6. The van der Waals surface area contributed by atoms with Crippen LogP contribution in [0.5, 0.6) is 0 Å². The summed E-state index contributed by atoms with van der Waals surface area (Å²) in [6, 6.07) is 2.28. The van der Waals surface area contributed by atoms with Crippen molar-refractivity contribution in [3.63, 3.8) is 0 Å². The normalized spacial score (nSPS) is 26.1. The molecule has 19 heavy (non-hydrogen) atoms. The highest BCUT2D eigenvalue weighted by atomic mass is 16.1. The first-order valence-corrected chi connectivity index (χ1v) is 6.78. The van der Waals surface area contributed by atoms with Crippen molar-refractivity contribution in [2.24, 2.45) is 10.8 Å². The lowest BCUT2D eigenvalue weighted by Crippen LogP contribution is -2.45. The smallest absolute Gasteiger partial charge is 0.159 e. The van der Waals surface area contributed by atoms with Crippen molar-refractivity contribution in [1.82, 2.24) is 14.8 Å². The molecule has 5 heteroatoms. The van der Waals surface area contributed by atoms with Crippen molar-refractivity contribution < 1.29 is 4.79 Å². The zero-order valence-corrected chi connectivity index (χ0v) is 11.8. The quantitative estimate of drug-likeness (QED) is 0.834. The van der Waals surface area contributed by atoms with Crippen LogP contribution in [0.1, 0.15) is 45.9 Å². The van der Waals surface area contributed by atoms with Crippen LogP contribution in [0.15, 0.2) is 6.33 Å². The summed E-state index contributed by atoms with van der Waals surface area (Å²) in [6.45, 7) is 6.55. The lowest BCUT2D eigenvalue weighted by molar-refractivity contribution is -0.138. The van der Waals surface area contributed by atoms with E-state index < -0.39 is 10.8 Å². The van der Waals surface area contributed by atoms with E-state index in [0.29, 0.717) is 19.4 Å². The standard InChI is InChI=1S/C14H20N4O/c1-4-18-11(16-10-17-18)8-14(9-15)7-5-6-13(2,3)12(14)19/h10H,4-8H2,1-3H3. The largest absolute Gasteiger partial charge is 0.297 e. The number of carbonyl (C=O) groups is 1. The van der Waals surface area contributed by atoms with Gasteiger partial charge in [-0.25, -0.2) is 4.98 Å². The molecule has 1 aromatic heterocycles. The van der Waals surface area contributed by atoms with Crippen LogP contribution in [0.4, 0.5) is 0 Å². The molecule has 0 bridgehead atoms. The first-order valence-electron chi connectivity index (χ1n) is 6.78. The zero-order valence-electron chi connectivity index (χ0n) is 11.8. The predicted octanol–water partition coefficient (Wildman–Crippen LogP) is 2.13. The van der Waals surface area contributed by atoms with E-state index in [9.17, 15) is 10.1 Å². The Morgan fingerprint density at radius 1 is 1.47 bits per heavy atom. The van der Waals surface area contributed by atoms with Gasteiger partial charge in [0.15, 0.2) is 5.78 Å². The highest BCUT2D eigenvalue weighted by Gasteiger charge is 2.49. The van der Waals surface area contributed by atoms with Crippen LogP contribution in [0.2, 0.25) is 0 Å². The van der Waals surface area contributed by atoms with Gasteiger partial charge >= 0.3 is 0 Å². The Hall–Kier alpha value is -1.70. The van der Waals surface area contributed by atoms with Crippen LogP contribution in [-0.4, -0.2) is 20.5 Å². The fourth-order valence-corrected chi connectivity index (χ4v) is 2.98. The molecule has 1 fully saturated rings. The van der Waals surface area contributed by atoms with Gasteiger partial charge in [-0.1, -0.05) is 20.3 Å². The Morgan fingerprint density at radius 3 is 2.84 bits per heavy atom. The fourth-order valence-electron chi connectivity index (χ4n) is 2.98. The number of hydrogen-bond acceptors (Lipinski definition) is 4. The number of carbonyl (C=O) groups excluding carboxylic acids is 1. The molecular weight excluding hydrogens is 240 g/mol. The fraction of sp³-hybridized carbons (Fsp3) is 0.714. The van der Waals surface area contributed by atoms with Gasteiger partial charge in [0, 0.05) is 18.4 Å². The Morgan fingerprint density at radius 2 is 2.21 bits per heavy atom. The van der Waals surface area contributed by atoms with Crippen molar-refractivity contribution in [2.45, 2.75) is 53.0 Å². The number of hydrogen-bond donors (Lipinski definition) is 0. The SMILES string of the molecule is CCn1ncnc1CC1(C#N)CCCC(C)(C)C1=O. The van der Waals surface area contributed by atoms with Crippen LogP contribution in [0.25, 0.3) is 0 Å². The van der Waals surface area contributed by atoms with Crippen LogP contribution in [0.3, 0.4) is 0 Å². The number of nitriles is 1. The highest BCUT2D eigenvalue weighted by Crippen LogP contribution is 2.44. The number of ketones is 1. The minimum atomic E-state index is -0.929. The number of aryl methyl sites for hydroxylation is 1. The predicted molar refractivity (Wildman–Crippen MR) is 70.1 cm³/mol. The summed E-state index contributed by atoms with van der Waals surface area (Å²) in [7, 11) is 0. The molecular formula is C14H20N4O. The topological polar surface area (TPSA) is 71.6 Å². The molecule has 102 valence electrons. The van der Waals surface area contributed by atoms with Crippen molar-refractivity contribution in [2.75, 3.05) is 0 Å². The van der Waals surface area contributed by atoms with E-state index in [1.165, 1.54) is 6.33 Å². The second kappa shape index (κ2) is 4.76. The minimum absolute atomic E-state index is 0.0550. The number of Topliss-reactive ketones (excluding diaryl/α,β-unsaturated/α-hetero) is 1. The molecule has 0 N–H and O–H groups in total. The van der Waals surface area contributed by atoms with E-state index in [4.69, 9.17) is 0 Å². The van der Waals surface area contributed by atoms with Crippen LogP contribution in [-0.2, 0) is 17.8 Å². The molecule has 0 spiro atoms. The molecule has 1 aromatic rings. The molecule has 1 aliphatic rings. The second-order valence-electron chi connectivity index (χ2n) is 5.93. The minimum Gasteiger partial charge on any atom is -0.297 e. The first kappa shape index (κ1) is 13.7. The van der Waals surface area contributed by atoms with E-state index in [-0.39, 0.29) is 5.78 Å². The third-order valence-electron chi connectivity index (χ3n) is 4.12. The van der Waals surface area contributed by atoms with E-state index in [1.54, 1.807) is 4.68 Å². The van der Waals surface area contributed by atoms with Gasteiger partial charge in [-0.15, -0.1) is 0 Å². The number of rotatable bonds is 3. The van der Waals surface area contributed by atoms with Crippen LogP contribution >= 0.6 is 0 Å². The third-order valence-corrected chi connectivity index (χ3v) is 4.12.